The van der Waals surface area contributed by atoms with E-state index in [0.29, 0.717) is 0 Å². The number of aromatic nitrogens is 2. The number of benzene rings is 1. The molecular weight excluding hydrogens is 172 g/mol. The minimum atomic E-state index is 0.957. The van der Waals surface area contributed by atoms with Gasteiger partial charge < -0.3 is 4.57 Å². The highest BCUT2D eigenvalue weighted by Gasteiger charge is 1.85. The highest BCUT2D eigenvalue weighted by molar-refractivity contribution is 5.26. The number of hydrogen-bond acceptors (Lipinski definition) is 1. The van der Waals surface area contributed by atoms with E-state index < -0.39 is 0 Å². The van der Waals surface area contributed by atoms with Crippen LogP contribution in [0.5, 0.6) is 0 Å². The Kier molecular flexibility index (Phi) is 2.76. The zero-order chi connectivity index (χ0) is 9.64. The van der Waals surface area contributed by atoms with Crippen molar-refractivity contribution in [3.8, 4) is 0 Å². The summed E-state index contributed by atoms with van der Waals surface area (Å²) in [6, 6.07) is 10.4. The lowest BCUT2D eigenvalue weighted by molar-refractivity contribution is 1.12. The molecule has 0 aliphatic rings. The van der Waals surface area contributed by atoms with Crippen LogP contribution in [0, 0.1) is 0 Å². The Bertz CT molecular complexity index is 388. The molecule has 0 bridgehead atoms. The van der Waals surface area contributed by atoms with Gasteiger partial charge in [-0.3, -0.25) is 0 Å². The van der Waals surface area contributed by atoms with Crippen molar-refractivity contribution in [3.05, 3.63) is 60.7 Å². The summed E-state index contributed by atoms with van der Waals surface area (Å²) in [5.74, 6) is 0. The minimum absolute atomic E-state index is 0.957. The van der Waals surface area contributed by atoms with E-state index in [1.54, 1.807) is 12.5 Å². The van der Waals surface area contributed by atoms with Gasteiger partial charge in [-0.2, -0.15) is 0 Å². The van der Waals surface area contributed by atoms with Gasteiger partial charge in [-0.25, -0.2) is 4.98 Å². The molecule has 0 aliphatic carbocycles. The molecule has 0 unspecified atom stereocenters. The summed E-state index contributed by atoms with van der Waals surface area (Å²) in [6.45, 7) is 0. The summed E-state index contributed by atoms with van der Waals surface area (Å²) in [5, 5.41) is 0. The van der Waals surface area contributed by atoms with Crippen molar-refractivity contribution in [1.29, 1.82) is 0 Å². The lowest BCUT2D eigenvalue weighted by atomic mass is 10.1. The third-order valence-electron chi connectivity index (χ3n) is 2.00. The number of rotatable bonds is 3. The van der Waals surface area contributed by atoms with Gasteiger partial charge in [0.05, 0.1) is 6.33 Å². The smallest absolute Gasteiger partial charge is 0.0986 e. The third kappa shape index (κ3) is 2.33. The van der Waals surface area contributed by atoms with Crippen LogP contribution in [0.25, 0.3) is 6.20 Å². The van der Waals surface area contributed by atoms with Gasteiger partial charge in [0.1, 0.15) is 0 Å². The van der Waals surface area contributed by atoms with Gasteiger partial charge >= 0.3 is 0 Å². The average Bonchev–Trinajstić information content (AvgIpc) is 2.72. The fraction of sp³-hybridized carbons (Fsp3) is 0.0833. The quantitative estimate of drug-likeness (QED) is 0.717. The zero-order valence-electron chi connectivity index (χ0n) is 7.88. The van der Waals surface area contributed by atoms with Gasteiger partial charge in [0, 0.05) is 18.6 Å². The molecule has 2 heteroatoms. The maximum atomic E-state index is 3.96. The van der Waals surface area contributed by atoms with Gasteiger partial charge in [0.25, 0.3) is 0 Å². The Labute approximate surface area is 83.5 Å². The highest BCUT2D eigenvalue weighted by atomic mass is 15.0. The van der Waals surface area contributed by atoms with Crippen LogP contribution in [-0.2, 0) is 6.42 Å². The van der Waals surface area contributed by atoms with Crippen LogP contribution in [0.1, 0.15) is 5.56 Å². The summed E-state index contributed by atoms with van der Waals surface area (Å²) in [5.41, 5.74) is 1.32. The number of imidazole rings is 1. The predicted octanol–water partition coefficient (Wildman–Crippen LogP) is 2.60. The fourth-order valence-electron chi connectivity index (χ4n) is 1.28. The van der Waals surface area contributed by atoms with Crippen molar-refractivity contribution < 1.29 is 0 Å². The second-order valence-corrected chi connectivity index (χ2v) is 3.08. The fourth-order valence-corrected chi connectivity index (χ4v) is 1.28. The van der Waals surface area contributed by atoms with Crippen LogP contribution in [0.4, 0.5) is 0 Å². The molecule has 14 heavy (non-hydrogen) atoms. The molecule has 1 aromatic carbocycles. The van der Waals surface area contributed by atoms with E-state index in [0.717, 1.165) is 6.42 Å². The molecule has 0 spiro atoms. The number of hydrogen-bond donors (Lipinski definition) is 0. The standard InChI is InChI=1S/C12H12N2/c1-2-5-12(6-3-1)7-4-9-14-10-8-13-11-14/h1-6,8-11H,7H2. The topological polar surface area (TPSA) is 17.8 Å². The van der Waals surface area contributed by atoms with E-state index in [9.17, 15) is 0 Å². The van der Waals surface area contributed by atoms with Crippen molar-refractivity contribution in [2.75, 3.05) is 0 Å². The van der Waals surface area contributed by atoms with E-state index in [2.05, 4.69) is 35.3 Å². The molecule has 0 saturated carbocycles. The van der Waals surface area contributed by atoms with Gasteiger partial charge in [-0.1, -0.05) is 36.4 Å². The van der Waals surface area contributed by atoms with Crippen molar-refractivity contribution in [1.82, 2.24) is 9.55 Å². The Balaban J connectivity index is 1.95. The second-order valence-electron chi connectivity index (χ2n) is 3.08. The molecular formula is C12H12N2. The molecule has 0 amide bonds. The normalized spacial score (nSPS) is 10.9. The van der Waals surface area contributed by atoms with E-state index in [1.165, 1.54) is 5.56 Å². The Morgan fingerprint density at radius 2 is 2.07 bits per heavy atom. The summed E-state index contributed by atoms with van der Waals surface area (Å²) in [7, 11) is 0. The minimum Gasteiger partial charge on any atom is -0.313 e. The molecule has 1 aromatic heterocycles. The van der Waals surface area contributed by atoms with Crippen LogP contribution in [0.15, 0.2) is 55.1 Å². The first-order chi connectivity index (χ1) is 6.95. The number of nitrogens with zero attached hydrogens (tertiary/aromatic N) is 2. The first kappa shape index (κ1) is 8.75. The molecule has 2 rings (SSSR count). The summed E-state index contributed by atoms with van der Waals surface area (Å²) < 4.78 is 1.93. The number of allylic oxidation sites excluding steroid dienone is 1. The Morgan fingerprint density at radius 1 is 1.21 bits per heavy atom. The Morgan fingerprint density at radius 3 is 2.79 bits per heavy atom. The molecule has 1 heterocycles. The van der Waals surface area contributed by atoms with Crippen molar-refractivity contribution >= 4 is 6.20 Å². The van der Waals surface area contributed by atoms with Crippen molar-refractivity contribution in [3.63, 3.8) is 0 Å². The van der Waals surface area contributed by atoms with Crippen molar-refractivity contribution in [2.24, 2.45) is 0 Å². The van der Waals surface area contributed by atoms with Crippen LogP contribution >= 0.6 is 0 Å². The molecule has 0 N–H and O–H groups in total. The largest absolute Gasteiger partial charge is 0.313 e. The van der Waals surface area contributed by atoms with Gasteiger partial charge in [-0.15, -0.1) is 0 Å². The van der Waals surface area contributed by atoms with E-state index >= 15 is 0 Å². The Hall–Kier alpha value is -1.83. The first-order valence-corrected chi connectivity index (χ1v) is 4.63. The van der Waals surface area contributed by atoms with E-state index in [-0.39, 0.29) is 0 Å². The molecule has 0 atom stereocenters. The molecule has 0 saturated heterocycles. The van der Waals surface area contributed by atoms with E-state index in [1.807, 2.05) is 23.0 Å². The summed E-state index contributed by atoms with van der Waals surface area (Å²) in [4.78, 5) is 3.96. The summed E-state index contributed by atoms with van der Waals surface area (Å²) in [6.07, 6.45) is 10.6. The maximum absolute atomic E-state index is 3.96. The molecule has 2 aromatic rings. The van der Waals surface area contributed by atoms with Gasteiger partial charge in [-0.05, 0) is 12.0 Å². The van der Waals surface area contributed by atoms with Gasteiger partial charge in [0.15, 0.2) is 0 Å². The maximum Gasteiger partial charge on any atom is 0.0986 e. The lowest BCUT2D eigenvalue weighted by Gasteiger charge is -1.94. The highest BCUT2D eigenvalue weighted by Crippen LogP contribution is 2.00. The predicted molar refractivity (Wildman–Crippen MR) is 57.7 cm³/mol. The van der Waals surface area contributed by atoms with Crippen molar-refractivity contribution in [2.45, 2.75) is 6.42 Å². The van der Waals surface area contributed by atoms with Gasteiger partial charge in [0.2, 0.25) is 0 Å². The SMILES string of the molecule is C(=Cn1ccnc1)Cc1ccccc1. The first-order valence-electron chi connectivity index (χ1n) is 4.63. The third-order valence-corrected chi connectivity index (χ3v) is 2.00. The van der Waals surface area contributed by atoms with Crippen LogP contribution < -0.4 is 0 Å². The molecule has 70 valence electrons. The molecule has 0 aliphatic heterocycles. The molecule has 0 radical (unpaired) electrons. The lowest BCUT2D eigenvalue weighted by Crippen LogP contribution is -1.82. The zero-order valence-corrected chi connectivity index (χ0v) is 7.88. The van der Waals surface area contributed by atoms with E-state index in [4.69, 9.17) is 0 Å². The molecule has 0 fully saturated rings. The summed E-state index contributed by atoms with van der Waals surface area (Å²) >= 11 is 0. The van der Waals surface area contributed by atoms with Crippen LogP contribution in [0.2, 0.25) is 0 Å². The van der Waals surface area contributed by atoms with Crippen LogP contribution in [-0.4, -0.2) is 9.55 Å². The molecule has 2 nitrogen and oxygen atoms in total. The average molecular weight is 184 g/mol. The van der Waals surface area contributed by atoms with Crippen LogP contribution in [0.3, 0.4) is 0 Å². The monoisotopic (exact) mass is 184 g/mol. The second kappa shape index (κ2) is 4.42.